The molecule has 0 atom stereocenters. The van der Waals surface area contributed by atoms with Gasteiger partial charge in [-0.2, -0.15) is 4.98 Å². The lowest BCUT2D eigenvalue weighted by molar-refractivity contribution is 0.373. The molecule has 6 nitrogen and oxygen atoms in total. The van der Waals surface area contributed by atoms with E-state index in [4.69, 9.17) is 16.1 Å². The van der Waals surface area contributed by atoms with Crippen LogP contribution in [0.5, 0.6) is 0 Å². The Morgan fingerprint density at radius 2 is 2.28 bits per heavy atom. The highest BCUT2D eigenvalue weighted by Gasteiger charge is 2.09. The zero-order chi connectivity index (χ0) is 13.0. The molecular formula is C11H14ClN5O. The van der Waals surface area contributed by atoms with Crippen LogP contribution in [0.3, 0.4) is 0 Å². The topological polar surface area (TPSA) is 76.7 Å². The third kappa shape index (κ3) is 3.16. The van der Waals surface area contributed by atoms with E-state index < -0.39 is 0 Å². The second-order valence-electron chi connectivity index (χ2n) is 4.10. The fourth-order valence-electron chi connectivity index (χ4n) is 1.33. The molecule has 2 aromatic heterocycles. The highest BCUT2D eigenvalue weighted by Crippen LogP contribution is 2.16. The van der Waals surface area contributed by atoms with Gasteiger partial charge in [-0.25, -0.2) is 9.97 Å². The Bertz CT molecular complexity index is 514. The van der Waals surface area contributed by atoms with Crippen molar-refractivity contribution in [1.82, 2.24) is 20.1 Å². The van der Waals surface area contributed by atoms with Crippen LogP contribution in [0, 0.1) is 0 Å². The minimum absolute atomic E-state index is 0.270. The van der Waals surface area contributed by atoms with Gasteiger partial charge in [0.25, 0.3) is 0 Å². The average molecular weight is 268 g/mol. The van der Waals surface area contributed by atoms with Crippen molar-refractivity contribution in [2.75, 3.05) is 11.9 Å². The van der Waals surface area contributed by atoms with Gasteiger partial charge in [0.15, 0.2) is 5.82 Å². The predicted octanol–water partition coefficient (Wildman–Crippen LogP) is 2.29. The normalized spacial score (nSPS) is 10.9. The minimum Gasteiger partial charge on any atom is -0.368 e. The summed E-state index contributed by atoms with van der Waals surface area (Å²) in [5.41, 5.74) is 0. The first-order valence-electron chi connectivity index (χ1n) is 5.68. The first-order valence-corrected chi connectivity index (χ1v) is 6.06. The van der Waals surface area contributed by atoms with Crippen molar-refractivity contribution in [3.05, 3.63) is 29.3 Å². The first kappa shape index (κ1) is 12.8. The summed E-state index contributed by atoms with van der Waals surface area (Å²) in [5.74, 6) is 2.21. The minimum atomic E-state index is 0.270. The zero-order valence-electron chi connectivity index (χ0n) is 10.2. The molecule has 0 spiro atoms. The van der Waals surface area contributed by atoms with Crippen molar-refractivity contribution in [1.29, 1.82) is 0 Å². The summed E-state index contributed by atoms with van der Waals surface area (Å²) in [4.78, 5) is 12.1. The molecule has 18 heavy (non-hydrogen) atoms. The Balaban J connectivity index is 1.87. The fraction of sp³-hybridized carbons (Fsp3) is 0.455. The summed E-state index contributed by atoms with van der Waals surface area (Å²) in [7, 11) is 0. The van der Waals surface area contributed by atoms with Gasteiger partial charge in [-0.15, -0.1) is 0 Å². The Morgan fingerprint density at radius 3 is 2.94 bits per heavy atom. The number of halogens is 1. The second kappa shape index (κ2) is 5.77. The van der Waals surface area contributed by atoms with E-state index in [2.05, 4.69) is 25.4 Å². The molecule has 7 heteroatoms. The molecule has 96 valence electrons. The summed E-state index contributed by atoms with van der Waals surface area (Å²) in [5, 5.41) is 7.47. The largest absolute Gasteiger partial charge is 0.368 e. The molecule has 0 saturated carbocycles. The lowest BCUT2D eigenvalue weighted by atomic mass is 10.2. The summed E-state index contributed by atoms with van der Waals surface area (Å²) in [6.45, 7) is 4.66. The average Bonchev–Trinajstić information content (AvgIpc) is 2.80. The van der Waals surface area contributed by atoms with Crippen LogP contribution in [0.25, 0.3) is 0 Å². The number of nitrogens with one attached hydrogen (secondary N) is 1. The molecule has 0 fully saturated rings. The van der Waals surface area contributed by atoms with Gasteiger partial charge in [-0.3, -0.25) is 0 Å². The maximum atomic E-state index is 5.91. The SMILES string of the molecule is CC(C)c1noc(CCNc2ncncc2Cl)n1. The molecule has 2 rings (SSSR count). The summed E-state index contributed by atoms with van der Waals surface area (Å²) in [6.07, 6.45) is 3.61. The van der Waals surface area contributed by atoms with Crippen LogP contribution >= 0.6 is 11.6 Å². The first-order chi connectivity index (χ1) is 8.66. The van der Waals surface area contributed by atoms with Gasteiger partial charge in [0.1, 0.15) is 17.2 Å². The van der Waals surface area contributed by atoms with Crippen molar-refractivity contribution in [3.8, 4) is 0 Å². The van der Waals surface area contributed by atoms with Gasteiger partial charge in [0.2, 0.25) is 5.89 Å². The van der Waals surface area contributed by atoms with Gasteiger partial charge in [-0.1, -0.05) is 30.6 Å². The van der Waals surface area contributed by atoms with E-state index >= 15 is 0 Å². The smallest absolute Gasteiger partial charge is 0.228 e. The van der Waals surface area contributed by atoms with Gasteiger partial charge >= 0.3 is 0 Å². The standard InChI is InChI=1S/C11H14ClN5O/c1-7(2)10-16-9(18-17-10)3-4-14-11-8(12)5-13-6-15-11/h5-7H,3-4H2,1-2H3,(H,13,14,15). The van der Waals surface area contributed by atoms with Crippen LogP contribution in [0.1, 0.15) is 31.5 Å². The molecule has 0 aliphatic carbocycles. The van der Waals surface area contributed by atoms with E-state index in [-0.39, 0.29) is 5.92 Å². The van der Waals surface area contributed by atoms with Gasteiger partial charge in [0, 0.05) is 18.9 Å². The number of rotatable bonds is 5. The molecule has 0 amide bonds. The highest BCUT2D eigenvalue weighted by atomic mass is 35.5. The van der Waals surface area contributed by atoms with E-state index in [1.807, 2.05) is 13.8 Å². The van der Waals surface area contributed by atoms with Crippen molar-refractivity contribution < 1.29 is 4.52 Å². The van der Waals surface area contributed by atoms with Crippen LogP contribution in [-0.4, -0.2) is 26.7 Å². The molecule has 0 aliphatic heterocycles. The number of anilines is 1. The molecule has 0 aromatic carbocycles. The molecule has 0 aliphatic rings. The Morgan fingerprint density at radius 1 is 1.44 bits per heavy atom. The van der Waals surface area contributed by atoms with E-state index in [1.54, 1.807) is 6.20 Å². The number of hydrogen-bond acceptors (Lipinski definition) is 6. The maximum absolute atomic E-state index is 5.91. The molecule has 0 bridgehead atoms. The third-order valence-electron chi connectivity index (χ3n) is 2.30. The van der Waals surface area contributed by atoms with Gasteiger partial charge in [-0.05, 0) is 0 Å². The van der Waals surface area contributed by atoms with Gasteiger partial charge in [0.05, 0.1) is 6.20 Å². The van der Waals surface area contributed by atoms with Crippen LogP contribution < -0.4 is 5.32 Å². The molecular weight excluding hydrogens is 254 g/mol. The Labute approximate surface area is 110 Å². The number of hydrogen-bond donors (Lipinski definition) is 1. The monoisotopic (exact) mass is 267 g/mol. The maximum Gasteiger partial charge on any atom is 0.228 e. The van der Waals surface area contributed by atoms with Crippen LogP contribution in [-0.2, 0) is 6.42 Å². The van der Waals surface area contributed by atoms with Crippen LogP contribution in [0.15, 0.2) is 17.0 Å². The third-order valence-corrected chi connectivity index (χ3v) is 2.58. The zero-order valence-corrected chi connectivity index (χ0v) is 11.0. The van der Waals surface area contributed by atoms with Crippen molar-refractivity contribution in [3.63, 3.8) is 0 Å². The summed E-state index contributed by atoms with van der Waals surface area (Å²) >= 11 is 5.91. The molecule has 2 heterocycles. The fourth-order valence-corrected chi connectivity index (χ4v) is 1.51. The quantitative estimate of drug-likeness (QED) is 0.896. The summed E-state index contributed by atoms with van der Waals surface area (Å²) < 4.78 is 5.13. The second-order valence-corrected chi connectivity index (χ2v) is 4.50. The molecule has 0 radical (unpaired) electrons. The molecule has 1 N–H and O–H groups in total. The number of nitrogens with zero attached hydrogens (tertiary/aromatic N) is 4. The van der Waals surface area contributed by atoms with E-state index in [0.29, 0.717) is 29.7 Å². The van der Waals surface area contributed by atoms with Crippen molar-refractivity contribution >= 4 is 17.4 Å². The Kier molecular flexibility index (Phi) is 4.09. The lowest BCUT2D eigenvalue weighted by Crippen LogP contribution is -2.07. The Hall–Kier alpha value is -1.69. The molecule has 0 unspecified atom stereocenters. The number of aromatic nitrogens is 4. The van der Waals surface area contributed by atoms with Crippen molar-refractivity contribution in [2.45, 2.75) is 26.2 Å². The van der Waals surface area contributed by atoms with E-state index in [9.17, 15) is 0 Å². The van der Waals surface area contributed by atoms with Crippen LogP contribution in [0.4, 0.5) is 5.82 Å². The van der Waals surface area contributed by atoms with Crippen molar-refractivity contribution in [2.24, 2.45) is 0 Å². The van der Waals surface area contributed by atoms with E-state index in [0.717, 1.165) is 5.82 Å². The van der Waals surface area contributed by atoms with Crippen LogP contribution in [0.2, 0.25) is 5.02 Å². The molecule has 0 saturated heterocycles. The molecule has 2 aromatic rings. The lowest BCUT2D eigenvalue weighted by Gasteiger charge is -2.04. The summed E-state index contributed by atoms with van der Waals surface area (Å²) in [6, 6.07) is 0. The van der Waals surface area contributed by atoms with E-state index in [1.165, 1.54) is 6.33 Å². The predicted molar refractivity (Wildman–Crippen MR) is 67.6 cm³/mol. The van der Waals surface area contributed by atoms with Gasteiger partial charge < -0.3 is 9.84 Å². The highest BCUT2D eigenvalue weighted by molar-refractivity contribution is 6.32.